The lowest BCUT2D eigenvalue weighted by Crippen LogP contribution is -2.52. The molecule has 0 aliphatic carbocycles. The number of anilines is 1. The van der Waals surface area contributed by atoms with Crippen LogP contribution in [0.2, 0.25) is 10.0 Å². The predicted molar refractivity (Wildman–Crippen MR) is 126 cm³/mol. The van der Waals surface area contributed by atoms with Crippen LogP contribution in [0.3, 0.4) is 0 Å². The summed E-state index contributed by atoms with van der Waals surface area (Å²) >= 11 is 12.1. The topological polar surface area (TPSA) is 82.2 Å². The van der Waals surface area contributed by atoms with Crippen molar-refractivity contribution < 1.29 is 19.1 Å². The maximum absolute atomic E-state index is 13.1. The van der Waals surface area contributed by atoms with Crippen LogP contribution in [0.25, 0.3) is 0 Å². The van der Waals surface area contributed by atoms with E-state index in [0.29, 0.717) is 36.8 Å². The molecule has 4 amide bonds. The monoisotopic (exact) mass is 490 g/mol. The van der Waals surface area contributed by atoms with E-state index in [-0.39, 0.29) is 17.5 Å². The Morgan fingerprint density at radius 3 is 2.30 bits per heavy atom. The number of imide groups is 1. The minimum absolute atomic E-state index is 0.272. The fraction of sp³-hybridized carbons (Fsp3) is 0.348. The second-order valence-electron chi connectivity index (χ2n) is 8.14. The number of methoxy groups -OCH3 is 1. The van der Waals surface area contributed by atoms with Crippen LogP contribution in [0, 0.1) is 0 Å². The van der Waals surface area contributed by atoms with Crippen LogP contribution < -0.4 is 15.0 Å². The van der Waals surface area contributed by atoms with Crippen LogP contribution in [-0.4, -0.2) is 67.5 Å². The molecule has 1 unspecified atom stereocenters. The number of benzene rings is 2. The highest BCUT2D eigenvalue weighted by Crippen LogP contribution is 2.33. The van der Waals surface area contributed by atoms with E-state index in [2.05, 4.69) is 10.2 Å². The van der Waals surface area contributed by atoms with Gasteiger partial charge in [0.2, 0.25) is 5.91 Å². The van der Waals surface area contributed by atoms with Crippen molar-refractivity contribution in [2.45, 2.75) is 12.5 Å². The van der Waals surface area contributed by atoms with Crippen molar-refractivity contribution in [1.29, 1.82) is 0 Å². The highest BCUT2D eigenvalue weighted by Gasteiger charge is 2.50. The van der Waals surface area contributed by atoms with E-state index in [0.717, 1.165) is 16.3 Å². The van der Waals surface area contributed by atoms with Gasteiger partial charge in [-0.05, 0) is 48.9 Å². The smallest absolute Gasteiger partial charge is 0.325 e. The summed E-state index contributed by atoms with van der Waals surface area (Å²) in [6.45, 7) is 3.57. The number of amides is 4. The van der Waals surface area contributed by atoms with Gasteiger partial charge in [-0.25, -0.2) is 4.79 Å². The van der Waals surface area contributed by atoms with Gasteiger partial charge in [-0.15, -0.1) is 0 Å². The first-order valence-corrected chi connectivity index (χ1v) is 11.2. The first-order chi connectivity index (χ1) is 15.7. The summed E-state index contributed by atoms with van der Waals surface area (Å²) < 4.78 is 5.19. The second kappa shape index (κ2) is 9.11. The van der Waals surface area contributed by atoms with Crippen LogP contribution in [0.15, 0.2) is 42.5 Å². The van der Waals surface area contributed by atoms with E-state index >= 15 is 0 Å². The second-order valence-corrected chi connectivity index (χ2v) is 8.96. The molecule has 1 N–H and O–H groups in total. The lowest BCUT2D eigenvalue weighted by Gasteiger charge is -2.36. The van der Waals surface area contributed by atoms with Crippen molar-refractivity contribution in [3.05, 3.63) is 58.1 Å². The van der Waals surface area contributed by atoms with Crippen molar-refractivity contribution >= 4 is 46.7 Å². The molecule has 2 saturated heterocycles. The molecule has 33 heavy (non-hydrogen) atoms. The fourth-order valence-electron chi connectivity index (χ4n) is 4.09. The zero-order valence-electron chi connectivity index (χ0n) is 18.3. The van der Waals surface area contributed by atoms with Gasteiger partial charge in [0.05, 0.1) is 17.2 Å². The maximum atomic E-state index is 13.1. The first-order valence-electron chi connectivity index (χ1n) is 10.5. The molecule has 0 bridgehead atoms. The van der Waals surface area contributed by atoms with Crippen molar-refractivity contribution in [3.8, 4) is 5.75 Å². The largest absolute Gasteiger partial charge is 0.497 e. The number of rotatable bonds is 5. The molecule has 0 spiro atoms. The lowest BCUT2D eigenvalue weighted by molar-refractivity contribution is -0.139. The van der Waals surface area contributed by atoms with Gasteiger partial charge in [-0.1, -0.05) is 29.3 Å². The summed E-state index contributed by atoms with van der Waals surface area (Å²) in [6.07, 6.45) is 0. The zero-order valence-corrected chi connectivity index (χ0v) is 19.8. The fourth-order valence-corrected chi connectivity index (χ4v) is 4.38. The van der Waals surface area contributed by atoms with E-state index in [1.54, 1.807) is 37.1 Å². The molecule has 2 aromatic rings. The SMILES string of the molecule is COc1ccc(N2CCN(C(=O)CN3C(=O)NC(C)(c4ccc(Cl)c(Cl)c4)C3=O)CC2)cc1. The van der Waals surface area contributed by atoms with Gasteiger partial charge in [0.1, 0.15) is 17.8 Å². The lowest BCUT2D eigenvalue weighted by atomic mass is 9.92. The molecule has 10 heteroatoms. The van der Waals surface area contributed by atoms with E-state index in [4.69, 9.17) is 27.9 Å². The number of halogens is 2. The highest BCUT2D eigenvalue weighted by atomic mass is 35.5. The Labute approximate surface area is 202 Å². The standard InChI is InChI=1S/C23H24Cl2N4O4/c1-23(15-3-8-18(24)19(25)13-15)21(31)29(22(32)26-23)14-20(30)28-11-9-27(10-12-28)16-4-6-17(33-2)7-5-16/h3-8,13H,9-12,14H2,1-2H3,(H,26,32). The molecule has 174 valence electrons. The first kappa shape index (κ1) is 23.2. The van der Waals surface area contributed by atoms with Gasteiger partial charge in [0.25, 0.3) is 5.91 Å². The summed E-state index contributed by atoms with van der Waals surface area (Å²) in [4.78, 5) is 43.4. The zero-order chi connectivity index (χ0) is 23.8. The van der Waals surface area contributed by atoms with Crippen LogP contribution in [-0.2, 0) is 15.1 Å². The minimum Gasteiger partial charge on any atom is -0.497 e. The van der Waals surface area contributed by atoms with Crippen molar-refractivity contribution in [3.63, 3.8) is 0 Å². The highest BCUT2D eigenvalue weighted by molar-refractivity contribution is 6.42. The van der Waals surface area contributed by atoms with Crippen molar-refractivity contribution in [2.75, 3.05) is 44.7 Å². The molecule has 8 nitrogen and oxygen atoms in total. The molecular weight excluding hydrogens is 467 g/mol. The van der Waals surface area contributed by atoms with Gasteiger partial charge >= 0.3 is 6.03 Å². The Bertz CT molecular complexity index is 1090. The Morgan fingerprint density at radius 1 is 1.03 bits per heavy atom. The van der Waals surface area contributed by atoms with Gasteiger partial charge in [0.15, 0.2) is 0 Å². The number of ether oxygens (including phenoxy) is 1. The number of nitrogens with one attached hydrogen (secondary N) is 1. The Hall–Kier alpha value is -2.97. The van der Waals surface area contributed by atoms with Crippen LogP contribution in [0.1, 0.15) is 12.5 Å². The van der Waals surface area contributed by atoms with Crippen LogP contribution in [0.5, 0.6) is 5.75 Å². The third-order valence-corrected chi connectivity index (χ3v) is 6.87. The molecule has 2 aromatic carbocycles. The van der Waals surface area contributed by atoms with E-state index in [1.165, 1.54) is 0 Å². The van der Waals surface area contributed by atoms with Gasteiger partial charge in [-0.3, -0.25) is 14.5 Å². The predicted octanol–water partition coefficient (Wildman–Crippen LogP) is 3.12. The average molecular weight is 491 g/mol. The molecule has 2 fully saturated rings. The molecule has 0 aromatic heterocycles. The molecular formula is C23H24Cl2N4O4. The Kier molecular flexibility index (Phi) is 6.41. The molecule has 0 saturated carbocycles. The molecule has 2 aliphatic heterocycles. The molecule has 0 radical (unpaired) electrons. The van der Waals surface area contributed by atoms with Gasteiger partial charge in [-0.2, -0.15) is 0 Å². The number of urea groups is 1. The van der Waals surface area contributed by atoms with Crippen LogP contribution >= 0.6 is 23.2 Å². The molecule has 2 aliphatic rings. The normalized spacial score (nSPS) is 20.8. The van der Waals surface area contributed by atoms with Gasteiger partial charge in [0, 0.05) is 31.9 Å². The third kappa shape index (κ3) is 4.45. The average Bonchev–Trinajstić information content (AvgIpc) is 3.04. The van der Waals surface area contributed by atoms with E-state index < -0.39 is 17.5 Å². The number of carbonyl (C=O) groups excluding carboxylic acids is 3. The number of hydrogen-bond donors (Lipinski definition) is 1. The number of piperazine rings is 1. The molecule has 2 heterocycles. The quantitative estimate of drug-likeness (QED) is 0.651. The maximum Gasteiger partial charge on any atom is 0.325 e. The minimum atomic E-state index is -1.32. The Morgan fingerprint density at radius 2 is 1.70 bits per heavy atom. The summed E-state index contributed by atoms with van der Waals surface area (Å²) in [7, 11) is 1.62. The summed E-state index contributed by atoms with van der Waals surface area (Å²) in [6, 6.07) is 11.9. The van der Waals surface area contributed by atoms with E-state index in [1.807, 2.05) is 24.3 Å². The van der Waals surface area contributed by atoms with Crippen molar-refractivity contribution in [1.82, 2.24) is 15.1 Å². The third-order valence-electron chi connectivity index (χ3n) is 6.14. The number of carbonyl (C=O) groups is 3. The Balaban J connectivity index is 1.38. The summed E-state index contributed by atoms with van der Waals surface area (Å²) in [5.74, 6) is 0.0105. The van der Waals surface area contributed by atoms with E-state index in [9.17, 15) is 14.4 Å². The number of nitrogens with zero attached hydrogens (tertiary/aromatic N) is 3. The van der Waals surface area contributed by atoms with Crippen LogP contribution in [0.4, 0.5) is 10.5 Å². The molecule has 4 rings (SSSR count). The molecule has 1 atom stereocenters. The number of hydrogen-bond acceptors (Lipinski definition) is 5. The van der Waals surface area contributed by atoms with Crippen molar-refractivity contribution in [2.24, 2.45) is 0 Å². The summed E-state index contributed by atoms with van der Waals surface area (Å²) in [5, 5.41) is 3.31. The summed E-state index contributed by atoms with van der Waals surface area (Å²) in [5.41, 5.74) is 0.228. The van der Waals surface area contributed by atoms with Gasteiger partial charge < -0.3 is 19.9 Å².